The summed E-state index contributed by atoms with van der Waals surface area (Å²) in [5.74, 6) is 0.200. The Bertz CT molecular complexity index is 519. The van der Waals surface area contributed by atoms with E-state index in [1.165, 1.54) is 19.3 Å². The largest absolute Gasteiger partial charge is 0.384 e. The fraction of sp³-hybridized carbons (Fsp3) is 0.529. The molecule has 0 saturated carbocycles. The Hall–Kier alpha value is -2.08. The molecule has 1 aromatic carbocycles. The van der Waals surface area contributed by atoms with Crippen molar-refractivity contribution in [2.75, 3.05) is 19.7 Å². The van der Waals surface area contributed by atoms with Crippen molar-refractivity contribution in [2.45, 2.75) is 38.8 Å². The summed E-state index contributed by atoms with van der Waals surface area (Å²) in [5, 5.41) is 6.62. The Labute approximate surface area is 137 Å². The summed E-state index contributed by atoms with van der Waals surface area (Å²) < 4.78 is 0. The summed E-state index contributed by atoms with van der Waals surface area (Å²) in [6.07, 6.45) is 3.66. The van der Waals surface area contributed by atoms with Crippen molar-refractivity contribution in [3.8, 4) is 0 Å². The number of benzene rings is 1. The summed E-state index contributed by atoms with van der Waals surface area (Å²) in [7, 11) is 0. The van der Waals surface area contributed by atoms with E-state index in [2.05, 4.69) is 22.3 Å². The number of nitrogens with zero attached hydrogens (tertiary/aromatic N) is 2. The van der Waals surface area contributed by atoms with Gasteiger partial charge in [-0.15, -0.1) is 0 Å². The van der Waals surface area contributed by atoms with E-state index in [1.807, 2.05) is 30.3 Å². The molecule has 0 aliphatic carbocycles. The number of likely N-dealkylation sites (tertiary alicyclic amines) is 1. The lowest BCUT2D eigenvalue weighted by Crippen LogP contribution is -2.43. The lowest BCUT2D eigenvalue weighted by molar-refractivity contribution is -0.125. The van der Waals surface area contributed by atoms with Gasteiger partial charge in [-0.2, -0.15) is 0 Å². The van der Waals surface area contributed by atoms with Crippen molar-refractivity contribution in [1.29, 1.82) is 0 Å². The highest BCUT2D eigenvalue weighted by Crippen LogP contribution is 2.15. The lowest BCUT2D eigenvalue weighted by Gasteiger charge is -2.32. The average Bonchev–Trinajstić information content (AvgIpc) is 2.56. The minimum Gasteiger partial charge on any atom is -0.384 e. The molecule has 1 atom stereocenters. The van der Waals surface area contributed by atoms with Crippen LogP contribution in [0, 0.1) is 0 Å². The van der Waals surface area contributed by atoms with Crippen LogP contribution in [0.15, 0.2) is 35.5 Å². The predicted molar refractivity (Wildman–Crippen MR) is 90.7 cm³/mol. The molecule has 1 saturated heterocycles. The van der Waals surface area contributed by atoms with Crippen molar-refractivity contribution in [2.24, 2.45) is 10.9 Å². The molecule has 6 heteroatoms. The number of nitrogens with one attached hydrogen (secondary N) is 1. The molecule has 126 valence electrons. The van der Waals surface area contributed by atoms with Crippen molar-refractivity contribution >= 4 is 11.7 Å². The maximum atomic E-state index is 11.7. The summed E-state index contributed by atoms with van der Waals surface area (Å²) in [6.45, 7) is 4.18. The Balaban J connectivity index is 1.65. The number of amides is 1. The molecule has 1 aliphatic rings. The SMILES string of the molecule is C[C@@H]1CCCCN1C/C(N)=N\OCC(=O)NCc1ccccc1. The molecule has 0 radical (unpaired) electrons. The third-order valence-electron chi connectivity index (χ3n) is 4.02. The summed E-state index contributed by atoms with van der Waals surface area (Å²) in [4.78, 5) is 19.0. The Kier molecular flexibility index (Phi) is 6.87. The molecule has 1 fully saturated rings. The molecule has 0 bridgehead atoms. The minimum atomic E-state index is -0.211. The van der Waals surface area contributed by atoms with Gasteiger partial charge in [-0.3, -0.25) is 9.69 Å². The third kappa shape index (κ3) is 6.28. The highest BCUT2D eigenvalue weighted by Gasteiger charge is 2.18. The van der Waals surface area contributed by atoms with Crippen LogP contribution in [0.3, 0.4) is 0 Å². The first-order valence-corrected chi connectivity index (χ1v) is 8.14. The maximum Gasteiger partial charge on any atom is 0.261 e. The van der Waals surface area contributed by atoms with Gasteiger partial charge in [0.2, 0.25) is 0 Å². The van der Waals surface area contributed by atoms with E-state index in [9.17, 15) is 4.79 Å². The van der Waals surface area contributed by atoms with Crippen molar-refractivity contribution < 1.29 is 9.63 Å². The average molecular weight is 318 g/mol. The van der Waals surface area contributed by atoms with E-state index in [0.29, 0.717) is 25.0 Å². The highest BCUT2D eigenvalue weighted by atomic mass is 16.6. The second-order valence-electron chi connectivity index (χ2n) is 5.93. The summed E-state index contributed by atoms with van der Waals surface area (Å²) in [5.41, 5.74) is 6.91. The number of carbonyl (C=O) groups excluding carboxylic acids is 1. The maximum absolute atomic E-state index is 11.7. The van der Waals surface area contributed by atoms with Gasteiger partial charge in [0, 0.05) is 12.6 Å². The van der Waals surface area contributed by atoms with Gasteiger partial charge in [-0.05, 0) is 31.9 Å². The fourth-order valence-electron chi connectivity index (χ4n) is 2.65. The molecule has 2 rings (SSSR count). The van der Waals surface area contributed by atoms with Crippen molar-refractivity contribution in [3.05, 3.63) is 35.9 Å². The monoisotopic (exact) mass is 318 g/mol. The van der Waals surface area contributed by atoms with Crippen LogP contribution < -0.4 is 11.1 Å². The predicted octanol–water partition coefficient (Wildman–Crippen LogP) is 1.47. The van der Waals surface area contributed by atoms with E-state index in [4.69, 9.17) is 10.6 Å². The highest BCUT2D eigenvalue weighted by molar-refractivity contribution is 5.82. The number of oxime groups is 1. The third-order valence-corrected chi connectivity index (χ3v) is 4.02. The quantitative estimate of drug-likeness (QED) is 0.453. The lowest BCUT2D eigenvalue weighted by atomic mass is 10.0. The minimum absolute atomic E-state index is 0.122. The molecule has 0 aromatic heterocycles. The van der Waals surface area contributed by atoms with Crippen LogP contribution in [0.1, 0.15) is 31.7 Å². The number of piperidine rings is 1. The van der Waals surface area contributed by atoms with Gasteiger partial charge >= 0.3 is 0 Å². The van der Waals surface area contributed by atoms with Gasteiger partial charge in [0.05, 0.1) is 6.54 Å². The van der Waals surface area contributed by atoms with Gasteiger partial charge in [0.15, 0.2) is 12.4 Å². The normalized spacial score (nSPS) is 19.3. The van der Waals surface area contributed by atoms with E-state index in [-0.39, 0.29) is 12.5 Å². The number of amidine groups is 1. The molecule has 1 aromatic rings. The van der Waals surface area contributed by atoms with Crippen LogP contribution in [-0.4, -0.2) is 42.4 Å². The topological polar surface area (TPSA) is 79.9 Å². The molecule has 6 nitrogen and oxygen atoms in total. The van der Waals surface area contributed by atoms with Crippen molar-refractivity contribution in [1.82, 2.24) is 10.2 Å². The first-order valence-electron chi connectivity index (χ1n) is 8.14. The molecule has 23 heavy (non-hydrogen) atoms. The second kappa shape index (κ2) is 9.15. The molecule has 1 heterocycles. The molecule has 0 spiro atoms. The number of nitrogens with two attached hydrogens (primary N) is 1. The van der Waals surface area contributed by atoms with Gasteiger partial charge in [-0.1, -0.05) is 41.9 Å². The molecular formula is C17H26N4O2. The first-order chi connectivity index (χ1) is 11.1. The van der Waals surface area contributed by atoms with Crippen LogP contribution in [0.2, 0.25) is 0 Å². The van der Waals surface area contributed by atoms with Crippen molar-refractivity contribution in [3.63, 3.8) is 0 Å². The number of rotatable bonds is 7. The Morgan fingerprint density at radius 1 is 1.39 bits per heavy atom. The molecule has 3 N–H and O–H groups in total. The molecule has 1 amide bonds. The zero-order valence-corrected chi connectivity index (χ0v) is 13.7. The fourth-order valence-corrected chi connectivity index (χ4v) is 2.65. The Morgan fingerprint density at radius 2 is 2.17 bits per heavy atom. The standard InChI is InChI=1S/C17H26N4O2/c1-14-7-5-6-10-21(14)12-16(18)20-23-13-17(22)19-11-15-8-3-2-4-9-15/h2-4,8-9,14H,5-7,10-13H2,1H3,(H2,18,20)(H,19,22)/t14-/m1/s1. The molecule has 0 unspecified atom stereocenters. The summed E-state index contributed by atoms with van der Waals surface area (Å²) >= 11 is 0. The van der Waals surface area contributed by atoms with Gasteiger partial charge < -0.3 is 15.9 Å². The van der Waals surface area contributed by atoms with Crippen LogP contribution in [0.4, 0.5) is 0 Å². The van der Waals surface area contributed by atoms with Crippen LogP contribution >= 0.6 is 0 Å². The van der Waals surface area contributed by atoms with Gasteiger partial charge in [-0.25, -0.2) is 0 Å². The number of hydrogen-bond acceptors (Lipinski definition) is 4. The second-order valence-corrected chi connectivity index (χ2v) is 5.93. The zero-order chi connectivity index (χ0) is 16.5. The van der Waals surface area contributed by atoms with Gasteiger partial charge in [0.25, 0.3) is 5.91 Å². The number of hydrogen-bond donors (Lipinski definition) is 2. The van der Waals surface area contributed by atoms with Crippen LogP contribution in [0.5, 0.6) is 0 Å². The van der Waals surface area contributed by atoms with Crippen LogP contribution in [-0.2, 0) is 16.2 Å². The van der Waals surface area contributed by atoms with Crippen LogP contribution in [0.25, 0.3) is 0 Å². The number of carbonyl (C=O) groups is 1. The summed E-state index contributed by atoms with van der Waals surface area (Å²) in [6, 6.07) is 10.2. The van der Waals surface area contributed by atoms with E-state index >= 15 is 0 Å². The van der Waals surface area contributed by atoms with E-state index in [1.54, 1.807) is 0 Å². The first kappa shape index (κ1) is 17.3. The zero-order valence-electron chi connectivity index (χ0n) is 13.7. The molecular weight excluding hydrogens is 292 g/mol. The molecule has 1 aliphatic heterocycles. The van der Waals surface area contributed by atoms with Gasteiger partial charge in [0.1, 0.15) is 0 Å². The smallest absolute Gasteiger partial charge is 0.261 e. The Morgan fingerprint density at radius 3 is 2.91 bits per heavy atom. The van der Waals surface area contributed by atoms with E-state index < -0.39 is 0 Å². The van der Waals surface area contributed by atoms with E-state index in [0.717, 1.165) is 12.1 Å².